The number of rotatable bonds is 3. The minimum atomic E-state index is -0.950. The summed E-state index contributed by atoms with van der Waals surface area (Å²) in [6, 6.07) is 4.67. The molecule has 0 aliphatic rings. The smallest absolute Gasteiger partial charge is 0.308 e. The molecular weight excluding hydrogens is 239 g/mol. The second kappa shape index (κ2) is 5.35. The topological polar surface area (TPSA) is 46.5 Å². The third-order valence-corrected chi connectivity index (χ3v) is 2.29. The van der Waals surface area contributed by atoms with Gasteiger partial charge in [-0.05, 0) is 23.8 Å². The van der Waals surface area contributed by atoms with E-state index >= 15 is 0 Å². The fourth-order valence-corrected chi connectivity index (χ4v) is 1.67. The number of hydrogen-bond donors (Lipinski definition) is 1. The van der Waals surface area contributed by atoms with E-state index < -0.39 is 12.1 Å². The van der Waals surface area contributed by atoms with Crippen LogP contribution in [0.15, 0.2) is 18.2 Å². The van der Waals surface area contributed by atoms with Crippen LogP contribution in [0, 0.1) is 0 Å². The number of aliphatic hydroxyl groups is 1. The van der Waals surface area contributed by atoms with Crippen LogP contribution in [0.2, 0.25) is 10.0 Å². The third kappa shape index (κ3) is 3.70. The maximum atomic E-state index is 10.9. The molecule has 0 spiro atoms. The van der Waals surface area contributed by atoms with E-state index in [0.717, 1.165) is 0 Å². The molecule has 0 bridgehead atoms. The van der Waals surface area contributed by atoms with Crippen molar-refractivity contribution in [3.63, 3.8) is 0 Å². The largest absolute Gasteiger partial charge is 0.469 e. The van der Waals surface area contributed by atoms with Gasteiger partial charge in [0.05, 0.1) is 19.6 Å². The molecule has 1 N–H and O–H groups in total. The Labute approximate surface area is 97.6 Å². The number of esters is 1. The van der Waals surface area contributed by atoms with Gasteiger partial charge in [0.25, 0.3) is 0 Å². The molecule has 1 atom stereocenters. The summed E-state index contributed by atoms with van der Waals surface area (Å²) in [7, 11) is 1.26. The fraction of sp³-hybridized carbons (Fsp3) is 0.300. The van der Waals surface area contributed by atoms with Crippen molar-refractivity contribution in [3.8, 4) is 0 Å². The van der Waals surface area contributed by atoms with E-state index in [1.165, 1.54) is 7.11 Å². The van der Waals surface area contributed by atoms with Crippen LogP contribution < -0.4 is 0 Å². The van der Waals surface area contributed by atoms with E-state index in [-0.39, 0.29) is 6.42 Å². The summed E-state index contributed by atoms with van der Waals surface area (Å²) in [4.78, 5) is 10.9. The van der Waals surface area contributed by atoms with Gasteiger partial charge in [0.15, 0.2) is 0 Å². The summed E-state index contributed by atoms with van der Waals surface area (Å²) < 4.78 is 4.44. The molecule has 3 nitrogen and oxygen atoms in total. The molecule has 82 valence electrons. The summed E-state index contributed by atoms with van der Waals surface area (Å²) in [5.74, 6) is -0.487. The first-order valence-electron chi connectivity index (χ1n) is 4.24. The van der Waals surface area contributed by atoms with Gasteiger partial charge in [-0.3, -0.25) is 4.79 Å². The van der Waals surface area contributed by atoms with Gasteiger partial charge >= 0.3 is 5.97 Å². The van der Waals surface area contributed by atoms with Crippen molar-refractivity contribution in [2.45, 2.75) is 12.5 Å². The monoisotopic (exact) mass is 248 g/mol. The molecule has 0 radical (unpaired) electrons. The third-order valence-electron chi connectivity index (χ3n) is 1.86. The zero-order valence-electron chi connectivity index (χ0n) is 8.04. The molecule has 0 saturated heterocycles. The van der Waals surface area contributed by atoms with E-state index in [0.29, 0.717) is 15.6 Å². The molecule has 0 saturated carbocycles. The predicted octanol–water partition coefficient (Wildman–Crippen LogP) is 2.59. The Kier molecular flexibility index (Phi) is 4.39. The minimum absolute atomic E-state index is 0.118. The van der Waals surface area contributed by atoms with Crippen molar-refractivity contribution in [1.29, 1.82) is 0 Å². The Balaban J connectivity index is 2.81. The highest BCUT2D eigenvalue weighted by molar-refractivity contribution is 6.34. The van der Waals surface area contributed by atoms with Gasteiger partial charge in [-0.1, -0.05) is 23.2 Å². The van der Waals surface area contributed by atoms with Crippen LogP contribution in [-0.4, -0.2) is 18.2 Å². The van der Waals surface area contributed by atoms with E-state index in [9.17, 15) is 9.90 Å². The van der Waals surface area contributed by atoms with E-state index in [4.69, 9.17) is 23.2 Å². The molecular formula is C10H10Cl2O3. The van der Waals surface area contributed by atoms with Gasteiger partial charge in [-0.2, -0.15) is 0 Å². The zero-order chi connectivity index (χ0) is 11.4. The highest BCUT2D eigenvalue weighted by atomic mass is 35.5. The minimum Gasteiger partial charge on any atom is -0.469 e. The summed E-state index contributed by atoms with van der Waals surface area (Å²) >= 11 is 11.5. The first-order chi connectivity index (χ1) is 7.02. The Morgan fingerprint density at radius 2 is 1.93 bits per heavy atom. The van der Waals surface area contributed by atoms with Gasteiger partial charge in [-0.15, -0.1) is 0 Å². The first kappa shape index (κ1) is 12.3. The molecule has 0 amide bonds. The normalized spacial score (nSPS) is 12.3. The second-order valence-electron chi connectivity index (χ2n) is 3.00. The van der Waals surface area contributed by atoms with Crippen molar-refractivity contribution in [3.05, 3.63) is 33.8 Å². The lowest BCUT2D eigenvalue weighted by Gasteiger charge is -2.10. The molecule has 0 aliphatic carbocycles. The first-order valence-corrected chi connectivity index (χ1v) is 4.99. The highest BCUT2D eigenvalue weighted by Gasteiger charge is 2.14. The van der Waals surface area contributed by atoms with Crippen LogP contribution >= 0.6 is 23.2 Å². The Bertz CT molecular complexity index is 345. The van der Waals surface area contributed by atoms with Crippen LogP contribution in [0.4, 0.5) is 0 Å². The predicted molar refractivity (Wildman–Crippen MR) is 58.1 cm³/mol. The summed E-state index contributed by atoms with van der Waals surface area (Å²) in [6.07, 6.45) is -1.07. The molecule has 0 fully saturated rings. The molecule has 1 aromatic rings. The van der Waals surface area contributed by atoms with Crippen molar-refractivity contribution in [2.75, 3.05) is 7.11 Å². The van der Waals surface area contributed by atoms with Gasteiger partial charge in [0, 0.05) is 10.0 Å². The van der Waals surface area contributed by atoms with Gasteiger partial charge in [0.2, 0.25) is 0 Å². The van der Waals surface area contributed by atoms with Gasteiger partial charge in [-0.25, -0.2) is 0 Å². The van der Waals surface area contributed by atoms with Gasteiger partial charge < -0.3 is 9.84 Å². The lowest BCUT2D eigenvalue weighted by Crippen LogP contribution is -2.08. The van der Waals surface area contributed by atoms with Crippen molar-refractivity contribution < 1.29 is 14.6 Å². The Morgan fingerprint density at radius 3 is 2.40 bits per heavy atom. The summed E-state index contributed by atoms with van der Waals surface area (Å²) in [6.45, 7) is 0. The fourth-order valence-electron chi connectivity index (χ4n) is 1.13. The maximum absolute atomic E-state index is 10.9. The number of aliphatic hydroxyl groups excluding tert-OH is 1. The molecule has 1 rings (SSSR count). The molecule has 0 aliphatic heterocycles. The average Bonchev–Trinajstić information content (AvgIpc) is 2.16. The van der Waals surface area contributed by atoms with Crippen molar-refractivity contribution >= 4 is 29.2 Å². The highest BCUT2D eigenvalue weighted by Crippen LogP contribution is 2.25. The van der Waals surface area contributed by atoms with Crippen LogP contribution in [0.5, 0.6) is 0 Å². The van der Waals surface area contributed by atoms with E-state index in [1.807, 2.05) is 0 Å². The number of hydrogen-bond acceptors (Lipinski definition) is 3. The van der Waals surface area contributed by atoms with Crippen LogP contribution in [0.3, 0.4) is 0 Å². The summed E-state index contributed by atoms with van der Waals surface area (Å²) in [5, 5.41) is 10.5. The molecule has 0 heterocycles. The summed E-state index contributed by atoms with van der Waals surface area (Å²) in [5.41, 5.74) is 0.498. The maximum Gasteiger partial charge on any atom is 0.308 e. The standard InChI is InChI=1S/C10H10Cl2O3/c1-15-10(14)5-9(13)6-2-7(11)4-8(12)3-6/h2-4,9,13H,5H2,1H3. The number of halogens is 2. The molecule has 5 heteroatoms. The lowest BCUT2D eigenvalue weighted by atomic mass is 10.1. The number of carbonyl (C=O) groups excluding carboxylic acids is 1. The van der Waals surface area contributed by atoms with E-state index in [2.05, 4.69) is 4.74 Å². The lowest BCUT2D eigenvalue weighted by molar-refractivity contribution is -0.142. The number of methoxy groups -OCH3 is 1. The molecule has 0 aromatic heterocycles. The second-order valence-corrected chi connectivity index (χ2v) is 3.87. The van der Waals surface area contributed by atoms with Gasteiger partial charge in [0.1, 0.15) is 0 Å². The van der Waals surface area contributed by atoms with Crippen molar-refractivity contribution in [1.82, 2.24) is 0 Å². The SMILES string of the molecule is COC(=O)CC(O)c1cc(Cl)cc(Cl)c1. The van der Waals surface area contributed by atoms with Crippen LogP contribution in [0.1, 0.15) is 18.1 Å². The molecule has 1 aromatic carbocycles. The number of ether oxygens (including phenoxy) is 1. The van der Waals surface area contributed by atoms with Crippen molar-refractivity contribution in [2.24, 2.45) is 0 Å². The number of benzene rings is 1. The van der Waals surface area contributed by atoms with Crippen LogP contribution in [-0.2, 0) is 9.53 Å². The van der Waals surface area contributed by atoms with E-state index in [1.54, 1.807) is 18.2 Å². The molecule has 1 unspecified atom stereocenters. The quantitative estimate of drug-likeness (QED) is 0.837. The zero-order valence-corrected chi connectivity index (χ0v) is 9.55. The average molecular weight is 249 g/mol. The Hall–Kier alpha value is -0.770. The molecule has 15 heavy (non-hydrogen) atoms. The number of carbonyl (C=O) groups is 1. The van der Waals surface area contributed by atoms with Crippen LogP contribution in [0.25, 0.3) is 0 Å². The Morgan fingerprint density at radius 1 is 1.40 bits per heavy atom.